The summed E-state index contributed by atoms with van der Waals surface area (Å²) in [5.41, 5.74) is 1.97. The van der Waals surface area contributed by atoms with Crippen LogP contribution in [0.5, 0.6) is 0 Å². The van der Waals surface area contributed by atoms with Crippen molar-refractivity contribution in [3.05, 3.63) is 36.8 Å². The third-order valence-corrected chi connectivity index (χ3v) is 2.04. The highest BCUT2D eigenvalue weighted by Crippen LogP contribution is 2.19. The fourth-order valence-electron chi connectivity index (χ4n) is 1.46. The molecule has 0 radical (unpaired) electrons. The van der Waals surface area contributed by atoms with Crippen molar-refractivity contribution in [2.45, 2.75) is 0 Å². The van der Waals surface area contributed by atoms with Crippen LogP contribution in [0.1, 0.15) is 0 Å². The minimum absolute atomic E-state index is 0.834. The Morgan fingerprint density at radius 1 is 1.25 bits per heavy atom. The van der Waals surface area contributed by atoms with E-state index in [9.17, 15) is 0 Å². The zero-order valence-electron chi connectivity index (χ0n) is 6.27. The van der Waals surface area contributed by atoms with E-state index in [0.717, 1.165) is 16.5 Å². The van der Waals surface area contributed by atoms with E-state index in [4.69, 9.17) is 4.52 Å². The number of hydrogen-bond acceptors (Lipinski definition) is 2. The lowest BCUT2D eigenvalue weighted by Crippen LogP contribution is -1.78. The molecule has 0 saturated carbocycles. The molecule has 3 heteroatoms. The molecule has 0 N–H and O–H groups in total. The molecule has 0 aliphatic heterocycles. The van der Waals surface area contributed by atoms with Crippen LogP contribution in [0.15, 0.2) is 41.3 Å². The van der Waals surface area contributed by atoms with Gasteiger partial charge in [0.1, 0.15) is 0 Å². The Kier molecular flexibility index (Phi) is 0.913. The molecule has 0 saturated heterocycles. The molecule has 3 rings (SSSR count). The second kappa shape index (κ2) is 1.88. The maximum atomic E-state index is 5.03. The van der Waals surface area contributed by atoms with Gasteiger partial charge in [0.05, 0.1) is 17.1 Å². The van der Waals surface area contributed by atoms with E-state index in [0.29, 0.717) is 0 Å². The fraction of sp³-hybridized carbons (Fsp3) is 0. The van der Waals surface area contributed by atoms with Crippen molar-refractivity contribution < 1.29 is 4.52 Å². The van der Waals surface area contributed by atoms with Gasteiger partial charge in [0, 0.05) is 18.5 Å². The van der Waals surface area contributed by atoms with Crippen LogP contribution in [0.4, 0.5) is 0 Å². The van der Waals surface area contributed by atoms with Crippen LogP contribution < -0.4 is 0 Å². The van der Waals surface area contributed by atoms with Crippen molar-refractivity contribution in [3.63, 3.8) is 0 Å². The predicted octanol–water partition coefficient (Wildman–Crippen LogP) is 2.08. The van der Waals surface area contributed by atoms with Crippen molar-refractivity contribution in [3.8, 4) is 0 Å². The van der Waals surface area contributed by atoms with E-state index < -0.39 is 0 Å². The average molecular weight is 158 g/mol. The molecular formula is C9H6N2O. The van der Waals surface area contributed by atoms with Gasteiger partial charge in [-0.05, 0) is 12.1 Å². The molecule has 3 aromatic rings. The van der Waals surface area contributed by atoms with E-state index in [1.165, 1.54) is 0 Å². The van der Waals surface area contributed by atoms with E-state index in [1.807, 2.05) is 35.0 Å². The molecule has 0 unspecified atom stereocenters. The van der Waals surface area contributed by atoms with Gasteiger partial charge in [0.25, 0.3) is 0 Å². The van der Waals surface area contributed by atoms with Crippen molar-refractivity contribution in [2.75, 3.05) is 0 Å². The lowest BCUT2D eigenvalue weighted by atomic mass is 10.3. The first-order valence-electron chi connectivity index (χ1n) is 3.75. The first-order valence-corrected chi connectivity index (χ1v) is 3.75. The zero-order valence-corrected chi connectivity index (χ0v) is 6.27. The number of aromatic nitrogens is 2. The minimum atomic E-state index is 0.834. The topological polar surface area (TPSA) is 30.4 Å². The monoisotopic (exact) mass is 158 g/mol. The van der Waals surface area contributed by atoms with Gasteiger partial charge in [-0.2, -0.15) is 0 Å². The normalized spacial score (nSPS) is 11.3. The van der Waals surface area contributed by atoms with Gasteiger partial charge in [-0.25, -0.2) is 0 Å². The standard InChI is InChI=1S/C9H6N2O/c1-2-8-7-6-10-12-9(7)3-5-11(8)4-1/h1-6H. The molecule has 0 amide bonds. The van der Waals surface area contributed by atoms with Crippen LogP contribution in [0.25, 0.3) is 16.5 Å². The lowest BCUT2D eigenvalue weighted by Gasteiger charge is -1.92. The Morgan fingerprint density at radius 3 is 3.25 bits per heavy atom. The van der Waals surface area contributed by atoms with E-state index in [2.05, 4.69) is 5.16 Å². The van der Waals surface area contributed by atoms with Crippen LogP contribution in [0.2, 0.25) is 0 Å². The van der Waals surface area contributed by atoms with E-state index in [1.54, 1.807) is 6.20 Å². The van der Waals surface area contributed by atoms with Crippen molar-refractivity contribution in [1.29, 1.82) is 0 Å². The van der Waals surface area contributed by atoms with Gasteiger partial charge < -0.3 is 8.92 Å². The number of hydrogen-bond donors (Lipinski definition) is 0. The number of rotatable bonds is 0. The molecule has 12 heavy (non-hydrogen) atoms. The van der Waals surface area contributed by atoms with Crippen LogP contribution >= 0.6 is 0 Å². The van der Waals surface area contributed by atoms with Gasteiger partial charge in [-0.1, -0.05) is 5.16 Å². The molecule has 3 aromatic heterocycles. The van der Waals surface area contributed by atoms with Crippen molar-refractivity contribution in [2.24, 2.45) is 0 Å². The largest absolute Gasteiger partial charge is 0.356 e. The summed E-state index contributed by atoms with van der Waals surface area (Å²) in [7, 11) is 0. The second-order valence-electron chi connectivity index (χ2n) is 2.72. The smallest absolute Gasteiger partial charge is 0.170 e. The molecule has 0 aliphatic carbocycles. The highest BCUT2D eigenvalue weighted by Gasteiger charge is 2.01. The quantitative estimate of drug-likeness (QED) is 0.501. The van der Waals surface area contributed by atoms with Crippen LogP contribution in [-0.4, -0.2) is 9.56 Å². The zero-order chi connectivity index (χ0) is 7.97. The van der Waals surface area contributed by atoms with Crippen molar-refractivity contribution in [1.82, 2.24) is 9.56 Å². The molecule has 0 fully saturated rings. The first kappa shape index (κ1) is 5.83. The first-order chi connectivity index (χ1) is 5.95. The average Bonchev–Trinajstić information content (AvgIpc) is 2.71. The van der Waals surface area contributed by atoms with Gasteiger partial charge in [0.15, 0.2) is 5.58 Å². The van der Waals surface area contributed by atoms with E-state index in [-0.39, 0.29) is 0 Å². The van der Waals surface area contributed by atoms with Gasteiger partial charge in [0.2, 0.25) is 0 Å². The number of fused-ring (bicyclic) bond motifs is 3. The van der Waals surface area contributed by atoms with Crippen molar-refractivity contribution >= 4 is 16.5 Å². The number of nitrogens with zero attached hydrogens (tertiary/aromatic N) is 2. The Morgan fingerprint density at radius 2 is 2.25 bits per heavy atom. The van der Waals surface area contributed by atoms with Crippen LogP contribution in [0, 0.1) is 0 Å². The molecule has 0 spiro atoms. The maximum Gasteiger partial charge on any atom is 0.170 e. The van der Waals surface area contributed by atoms with Crippen LogP contribution in [-0.2, 0) is 0 Å². The highest BCUT2D eigenvalue weighted by molar-refractivity contribution is 5.91. The fourth-order valence-corrected chi connectivity index (χ4v) is 1.46. The SMILES string of the molecule is c1cc2c3cnoc3ccn2c1. The third-order valence-electron chi connectivity index (χ3n) is 2.04. The predicted molar refractivity (Wildman–Crippen MR) is 45.0 cm³/mol. The molecule has 0 bridgehead atoms. The molecule has 3 nitrogen and oxygen atoms in total. The number of pyridine rings is 1. The van der Waals surface area contributed by atoms with Gasteiger partial charge >= 0.3 is 0 Å². The molecule has 3 heterocycles. The summed E-state index contributed by atoms with van der Waals surface area (Å²) < 4.78 is 7.07. The molecule has 0 atom stereocenters. The lowest BCUT2D eigenvalue weighted by molar-refractivity contribution is 0.456. The summed E-state index contributed by atoms with van der Waals surface area (Å²) in [6.07, 6.45) is 5.70. The Bertz CT molecular complexity index is 486. The van der Waals surface area contributed by atoms with E-state index >= 15 is 0 Å². The second-order valence-corrected chi connectivity index (χ2v) is 2.72. The van der Waals surface area contributed by atoms with Crippen LogP contribution in [0.3, 0.4) is 0 Å². The summed E-state index contributed by atoms with van der Waals surface area (Å²) in [5, 5.41) is 4.80. The molecule has 0 aromatic carbocycles. The summed E-state index contributed by atoms with van der Waals surface area (Å²) in [6.45, 7) is 0. The van der Waals surface area contributed by atoms with Gasteiger partial charge in [-0.15, -0.1) is 0 Å². The summed E-state index contributed by atoms with van der Waals surface area (Å²) in [5.74, 6) is 0. The maximum absolute atomic E-state index is 5.03. The molecule has 58 valence electrons. The van der Waals surface area contributed by atoms with Gasteiger partial charge in [-0.3, -0.25) is 0 Å². The minimum Gasteiger partial charge on any atom is -0.356 e. The summed E-state index contributed by atoms with van der Waals surface area (Å²) in [4.78, 5) is 0. The Balaban J connectivity index is 2.71. The molecule has 0 aliphatic rings. The Hall–Kier alpha value is -1.77. The molecular weight excluding hydrogens is 152 g/mol. The Labute approximate surface area is 68.2 Å². The summed E-state index contributed by atoms with van der Waals surface area (Å²) in [6, 6.07) is 5.96. The highest BCUT2D eigenvalue weighted by atomic mass is 16.5. The third kappa shape index (κ3) is 0.580. The summed E-state index contributed by atoms with van der Waals surface area (Å²) >= 11 is 0.